The summed E-state index contributed by atoms with van der Waals surface area (Å²) in [6.07, 6.45) is 3.36. The van der Waals surface area contributed by atoms with Crippen molar-refractivity contribution in [2.75, 3.05) is 33.8 Å². The van der Waals surface area contributed by atoms with Crippen LogP contribution in [0.25, 0.3) is 0 Å². The molecular formula is C16H26N2O. The third-order valence-electron chi connectivity index (χ3n) is 4.14. The second kappa shape index (κ2) is 6.92. The van der Waals surface area contributed by atoms with Crippen LogP contribution >= 0.6 is 0 Å². The molecule has 1 fully saturated rings. The minimum absolute atomic E-state index is 0.642. The Labute approximate surface area is 116 Å². The number of aryl methyl sites for hydroxylation is 2. The summed E-state index contributed by atoms with van der Waals surface area (Å²) in [5, 5.41) is 3.48. The van der Waals surface area contributed by atoms with E-state index < -0.39 is 0 Å². The highest BCUT2D eigenvalue weighted by atomic mass is 16.5. The minimum Gasteiger partial charge on any atom is -0.496 e. The van der Waals surface area contributed by atoms with Crippen molar-refractivity contribution >= 4 is 0 Å². The predicted molar refractivity (Wildman–Crippen MR) is 80.0 cm³/mol. The fourth-order valence-corrected chi connectivity index (χ4v) is 2.75. The Morgan fingerprint density at radius 2 is 2.26 bits per heavy atom. The summed E-state index contributed by atoms with van der Waals surface area (Å²) in [5.74, 6) is 1.03. The molecule has 19 heavy (non-hydrogen) atoms. The molecule has 0 aliphatic carbocycles. The van der Waals surface area contributed by atoms with Gasteiger partial charge >= 0.3 is 0 Å². The molecule has 1 aliphatic rings. The van der Waals surface area contributed by atoms with Gasteiger partial charge in [-0.3, -0.25) is 0 Å². The van der Waals surface area contributed by atoms with E-state index in [1.807, 2.05) is 0 Å². The molecule has 0 aromatic heterocycles. The number of nitrogens with one attached hydrogen (secondary N) is 1. The molecule has 0 amide bonds. The van der Waals surface area contributed by atoms with Crippen LogP contribution < -0.4 is 10.1 Å². The Morgan fingerprint density at radius 1 is 1.42 bits per heavy atom. The number of likely N-dealkylation sites (N-methyl/N-ethyl adjacent to an activating group) is 1. The fraction of sp³-hybridized carbons (Fsp3) is 0.625. The summed E-state index contributed by atoms with van der Waals surface area (Å²) in [7, 11) is 3.99. The van der Waals surface area contributed by atoms with Gasteiger partial charge in [0.25, 0.3) is 0 Å². The molecule has 0 saturated carbocycles. The Kier molecular flexibility index (Phi) is 5.23. The maximum absolute atomic E-state index is 5.48. The molecule has 1 aromatic carbocycles. The number of piperazine rings is 1. The molecule has 1 N–H and O–H groups in total. The van der Waals surface area contributed by atoms with Crippen LogP contribution in [-0.2, 0) is 12.8 Å². The summed E-state index contributed by atoms with van der Waals surface area (Å²) >= 11 is 0. The minimum atomic E-state index is 0.642. The monoisotopic (exact) mass is 262 g/mol. The predicted octanol–water partition coefficient (Wildman–Crippen LogP) is 2.09. The van der Waals surface area contributed by atoms with Gasteiger partial charge in [-0.2, -0.15) is 0 Å². The molecule has 2 rings (SSSR count). The highest BCUT2D eigenvalue weighted by Crippen LogP contribution is 2.23. The molecule has 1 heterocycles. The van der Waals surface area contributed by atoms with Crippen molar-refractivity contribution in [2.45, 2.75) is 32.2 Å². The quantitative estimate of drug-likeness (QED) is 0.879. The van der Waals surface area contributed by atoms with E-state index >= 15 is 0 Å². The topological polar surface area (TPSA) is 24.5 Å². The summed E-state index contributed by atoms with van der Waals surface area (Å²) in [6.45, 7) is 5.56. The molecule has 3 nitrogen and oxygen atoms in total. The lowest BCUT2D eigenvalue weighted by Gasteiger charge is -2.33. The fourth-order valence-electron chi connectivity index (χ4n) is 2.75. The molecule has 1 unspecified atom stereocenters. The van der Waals surface area contributed by atoms with E-state index in [-0.39, 0.29) is 0 Å². The van der Waals surface area contributed by atoms with Crippen LogP contribution in [0.15, 0.2) is 18.2 Å². The lowest BCUT2D eigenvalue weighted by Crippen LogP contribution is -2.49. The van der Waals surface area contributed by atoms with E-state index in [1.165, 1.54) is 17.5 Å². The number of hydrogen-bond acceptors (Lipinski definition) is 3. The molecule has 1 atom stereocenters. The number of nitrogens with zero attached hydrogens (tertiary/aromatic N) is 1. The van der Waals surface area contributed by atoms with Crippen LogP contribution in [0.1, 0.15) is 24.5 Å². The summed E-state index contributed by atoms with van der Waals surface area (Å²) in [6, 6.07) is 7.21. The van der Waals surface area contributed by atoms with E-state index in [4.69, 9.17) is 4.74 Å². The molecule has 106 valence electrons. The van der Waals surface area contributed by atoms with Crippen molar-refractivity contribution in [3.05, 3.63) is 29.3 Å². The molecule has 3 heteroatoms. The Morgan fingerprint density at radius 3 is 2.95 bits per heavy atom. The Hall–Kier alpha value is -1.06. The van der Waals surface area contributed by atoms with Gasteiger partial charge in [0.2, 0.25) is 0 Å². The van der Waals surface area contributed by atoms with Crippen molar-refractivity contribution in [2.24, 2.45) is 0 Å². The molecular weight excluding hydrogens is 236 g/mol. The molecule has 0 bridgehead atoms. The first-order valence-corrected chi connectivity index (χ1v) is 7.31. The van der Waals surface area contributed by atoms with Crippen molar-refractivity contribution in [1.82, 2.24) is 10.2 Å². The zero-order chi connectivity index (χ0) is 13.7. The lowest BCUT2D eigenvalue weighted by atomic mass is 10.00. The van der Waals surface area contributed by atoms with Crippen LogP contribution in [-0.4, -0.2) is 44.7 Å². The SMILES string of the molecule is CCc1ccc(OC)c(CCC2CNCCN2C)c1. The van der Waals surface area contributed by atoms with Crippen LogP contribution in [0.2, 0.25) is 0 Å². The highest BCUT2D eigenvalue weighted by Gasteiger charge is 2.18. The van der Waals surface area contributed by atoms with Crippen LogP contribution in [0.4, 0.5) is 0 Å². The molecule has 1 aliphatic heterocycles. The molecule has 0 spiro atoms. The Bertz CT molecular complexity index is 406. The maximum Gasteiger partial charge on any atom is 0.122 e. The maximum atomic E-state index is 5.48. The largest absolute Gasteiger partial charge is 0.496 e. The zero-order valence-electron chi connectivity index (χ0n) is 12.4. The average molecular weight is 262 g/mol. The van der Waals surface area contributed by atoms with Crippen molar-refractivity contribution < 1.29 is 4.74 Å². The van der Waals surface area contributed by atoms with Crippen LogP contribution in [0.5, 0.6) is 5.75 Å². The second-order valence-corrected chi connectivity index (χ2v) is 5.38. The summed E-state index contributed by atoms with van der Waals surface area (Å²) in [4.78, 5) is 2.46. The number of ether oxygens (including phenoxy) is 1. The number of methoxy groups -OCH3 is 1. The Balaban J connectivity index is 2.01. The van der Waals surface area contributed by atoms with Gasteiger partial charge in [0.15, 0.2) is 0 Å². The van der Waals surface area contributed by atoms with Crippen LogP contribution in [0.3, 0.4) is 0 Å². The number of rotatable bonds is 5. The van der Waals surface area contributed by atoms with Gasteiger partial charge in [-0.05, 0) is 43.5 Å². The van der Waals surface area contributed by atoms with E-state index in [9.17, 15) is 0 Å². The lowest BCUT2D eigenvalue weighted by molar-refractivity contribution is 0.190. The van der Waals surface area contributed by atoms with Gasteiger partial charge in [0.1, 0.15) is 5.75 Å². The smallest absolute Gasteiger partial charge is 0.122 e. The van der Waals surface area contributed by atoms with Gasteiger partial charge in [-0.15, -0.1) is 0 Å². The third kappa shape index (κ3) is 3.71. The van der Waals surface area contributed by atoms with E-state index in [0.717, 1.165) is 38.2 Å². The standard InChI is InChI=1S/C16H26N2O/c1-4-13-5-8-16(19-3)14(11-13)6-7-15-12-17-9-10-18(15)2/h5,8,11,15,17H,4,6-7,9-10,12H2,1-3H3. The average Bonchev–Trinajstić information content (AvgIpc) is 2.46. The van der Waals surface area contributed by atoms with Crippen LogP contribution in [0, 0.1) is 0 Å². The van der Waals surface area contributed by atoms with E-state index in [2.05, 4.69) is 42.4 Å². The molecule has 0 radical (unpaired) electrons. The van der Waals surface area contributed by atoms with Crippen molar-refractivity contribution in [1.29, 1.82) is 0 Å². The van der Waals surface area contributed by atoms with Gasteiger partial charge in [-0.25, -0.2) is 0 Å². The summed E-state index contributed by atoms with van der Waals surface area (Å²) < 4.78 is 5.48. The molecule has 1 aromatic rings. The van der Waals surface area contributed by atoms with Gasteiger partial charge in [-0.1, -0.05) is 19.1 Å². The number of benzene rings is 1. The first-order valence-electron chi connectivity index (χ1n) is 7.31. The highest BCUT2D eigenvalue weighted by molar-refractivity contribution is 5.37. The van der Waals surface area contributed by atoms with Gasteiger partial charge < -0.3 is 15.0 Å². The van der Waals surface area contributed by atoms with E-state index in [1.54, 1.807) is 7.11 Å². The van der Waals surface area contributed by atoms with Gasteiger partial charge in [0, 0.05) is 25.7 Å². The van der Waals surface area contributed by atoms with E-state index in [0.29, 0.717) is 6.04 Å². The van der Waals surface area contributed by atoms with Gasteiger partial charge in [0.05, 0.1) is 7.11 Å². The zero-order valence-corrected chi connectivity index (χ0v) is 12.4. The van der Waals surface area contributed by atoms with Crippen molar-refractivity contribution in [3.63, 3.8) is 0 Å². The second-order valence-electron chi connectivity index (χ2n) is 5.38. The van der Waals surface area contributed by atoms with Crippen molar-refractivity contribution in [3.8, 4) is 5.75 Å². The first-order chi connectivity index (χ1) is 9.24. The number of hydrogen-bond donors (Lipinski definition) is 1. The summed E-state index contributed by atoms with van der Waals surface area (Å²) in [5.41, 5.74) is 2.74. The molecule has 1 saturated heterocycles. The normalized spacial score (nSPS) is 20.5. The first kappa shape index (κ1) is 14.4. The third-order valence-corrected chi connectivity index (χ3v) is 4.14.